The fraction of sp³-hybridized carbons (Fsp3) is 0. The standard InChI is InChI=1S/Fe.Ni.3H2O.Ru/h;;3*1H2;/q;;;;;+3/p-3. The van der Waals surface area contributed by atoms with Gasteiger partial charge in [-0.25, -0.2) is 0 Å². The molecule has 0 atom stereocenters. The molecule has 6 heteroatoms. The normalized spacial score (nSPS) is 7.50. The molecule has 0 aliphatic heterocycles. The third kappa shape index (κ3) is 48.9. The first-order chi connectivity index (χ1) is 1.73. The molecule has 3 nitrogen and oxygen atoms in total. The first-order valence-electron chi connectivity index (χ1n) is 0.474. The molecule has 6 heavy (non-hydrogen) atoms. The Morgan fingerprint density at radius 1 is 1.00 bits per heavy atom. The van der Waals surface area contributed by atoms with Crippen molar-refractivity contribution in [2.24, 2.45) is 0 Å². The van der Waals surface area contributed by atoms with Gasteiger partial charge in [0, 0.05) is 33.6 Å². The number of rotatable bonds is 0. The van der Waals surface area contributed by atoms with Crippen LogP contribution in [0.15, 0.2) is 0 Å². The van der Waals surface area contributed by atoms with E-state index >= 15 is 0 Å². The van der Waals surface area contributed by atoms with Gasteiger partial charge in [-0.05, 0) is 0 Å². The fourth-order valence-electron chi connectivity index (χ4n) is 0. The van der Waals surface area contributed by atoms with E-state index in [9.17, 15) is 0 Å². The van der Waals surface area contributed by atoms with Crippen molar-refractivity contribution in [2.75, 3.05) is 0 Å². The van der Waals surface area contributed by atoms with Gasteiger partial charge in [0.1, 0.15) is 0 Å². The molecule has 0 aromatic heterocycles. The third-order valence-corrected chi connectivity index (χ3v) is 0. The van der Waals surface area contributed by atoms with E-state index in [0.29, 0.717) is 0 Å². The maximum absolute atomic E-state index is 7.31. The molecule has 0 aliphatic rings. The van der Waals surface area contributed by atoms with Crippen molar-refractivity contribution in [3.63, 3.8) is 0 Å². The van der Waals surface area contributed by atoms with Gasteiger partial charge < -0.3 is 0 Å². The topological polar surface area (TPSA) is 60.7 Å². The summed E-state index contributed by atoms with van der Waals surface area (Å²) < 4.78 is 21.9. The summed E-state index contributed by atoms with van der Waals surface area (Å²) in [5.41, 5.74) is 0. The Morgan fingerprint density at radius 2 is 1.00 bits per heavy atom. The summed E-state index contributed by atoms with van der Waals surface area (Å²) in [5.74, 6) is 0. The zero-order valence-corrected chi connectivity index (χ0v) is 6.19. The minimum atomic E-state index is -3.17. The third-order valence-electron chi connectivity index (χ3n) is 0. The Bertz CT molecular complexity index is 15.5. The van der Waals surface area contributed by atoms with Crippen LogP contribution in [0.3, 0.4) is 0 Å². The molecule has 0 aromatic carbocycles. The van der Waals surface area contributed by atoms with Crippen molar-refractivity contribution >= 4 is 0 Å². The average Bonchev–Trinajstić information content (AvgIpc) is 0.811. The molecule has 0 heterocycles. The summed E-state index contributed by atoms with van der Waals surface area (Å²) in [5, 5.41) is 0. The van der Waals surface area contributed by atoms with Gasteiger partial charge in [0.2, 0.25) is 0 Å². The van der Waals surface area contributed by atoms with E-state index in [1.807, 2.05) is 0 Å². The van der Waals surface area contributed by atoms with Crippen molar-refractivity contribution in [3.05, 3.63) is 0 Å². The summed E-state index contributed by atoms with van der Waals surface area (Å²) in [7, 11) is 0. The monoisotopic (exact) mass is 267 g/mol. The van der Waals surface area contributed by atoms with E-state index in [2.05, 4.69) is 0 Å². The quantitative estimate of drug-likeness (QED) is 0.459. The van der Waals surface area contributed by atoms with E-state index < -0.39 is 17.0 Å². The van der Waals surface area contributed by atoms with Gasteiger partial charge in [-0.2, -0.15) is 0 Å². The molecule has 0 fully saturated rings. The van der Waals surface area contributed by atoms with Gasteiger partial charge in [-0.1, -0.05) is 0 Å². The van der Waals surface area contributed by atoms with E-state index in [-0.39, 0.29) is 33.6 Å². The van der Waals surface area contributed by atoms with Crippen molar-refractivity contribution in [1.29, 1.82) is 0 Å². The molecule has 3 N–H and O–H groups in total. The van der Waals surface area contributed by atoms with E-state index in [1.54, 1.807) is 0 Å². The molecule has 0 aliphatic carbocycles. The summed E-state index contributed by atoms with van der Waals surface area (Å²) in [6.45, 7) is 0. The van der Waals surface area contributed by atoms with Crippen molar-refractivity contribution in [3.8, 4) is 0 Å². The second kappa shape index (κ2) is 9.72. The molecule has 0 unspecified atom stereocenters. The molecule has 0 bridgehead atoms. The SMILES string of the molecule is [Fe].[Ni].[OH][Ru]([OH])[OH]. The van der Waals surface area contributed by atoms with E-state index in [4.69, 9.17) is 11.8 Å². The van der Waals surface area contributed by atoms with Crippen LogP contribution in [0.5, 0.6) is 0 Å². The first-order valence-corrected chi connectivity index (χ1v) is 2.81. The zero-order chi connectivity index (χ0) is 3.58. The number of hydrogen-bond donors (Lipinski definition) is 3. The van der Waals surface area contributed by atoms with Crippen LogP contribution in [0.2, 0.25) is 0 Å². The van der Waals surface area contributed by atoms with Crippen molar-refractivity contribution < 1.29 is 62.4 Å². The summed E-state index contributed by atoms with van der Waals surface area (Å²) in [6.07, 6.45) is 0. The van der Waals surface area contributed by atoms with Gasteiger partial charge in [0.15, 0.2) is 0 Å². The van der Waals surface area contributed by atoms with Crippen LogP contribution in [0.25, 0.3) is 0 Å². The second-order valence-corrected chi connectivity index (χ2v) is 1.25. The Kier molecular flexibility index (Phi) is 25.4. The van der Waals surface area contributed by atoms with Crippen LogP contribution in [-0.4, -0.2) is 11.8 Å². The Balaban J connectivity index is -0.0000000450. The molecular formula is H3FeNiO3Ru. The van der Waals surface area contributed by atoms with Gasteiger partial charge >= 0.3 is 28.8 Å². The Labute approximate surface area is 62.3 Å². The molecule has 0 aromatic rings. The molecule has 0 saturated carbocycles. The summed E-state index contributed by atoms with van der Waals surface area (Å²) in [6, 6.07) is 0. The van der Waals surface area contributed by atoms with Crippen LogP contribution in [-0.2, 0) is 50.6 Å². The predicted octanol–water partition coefficient (Wildman–Crippen LogP) is -1.68. The molecular weight excluding hydrogens is 264 g/mol. The molecule has 47 valence electrons. The van der Waals surface area contributed by atoms with Crippen LogP contribution >= 0.6 is 0 Å². The molecule has 0 saturated heterocycles. The zero-order valence-electron chi connectivity index (χ0n) is 2.36. The maximum atomic E-state index is 7.31. The van der Waals surface area contributed by atoms with E-state index in [1.165, 1.54) is 0 Å². The van der Waals surface area contributed by atoms with Gasteiger partial charge in [-0.3, -0.25) is 0 Å². The minimum absolute atomic E-state index is 0. The summed E-state index contributed by atoms with van der Waals surface area (Å²) >= 11 is -3.17. The first kappa shape index (κ1) is 15.6. The average molecular weight is 267 g/mol. The second-order valence-electron chi connectivity index (χ2n) is 0.212. The van der Waals surface area contributed by atoms with Crippen molar-refractivity contribution in [1.82, 2.24) is 0 Å². The van der Waals surface area contributed by atoms with Crippen LogP contribution < -0.4 is 0 Å². The van der Waals surface area contributed by atoms with Gasteiger partial charge in [0.05, 0.1) is 0 Å². The Hall–Kier alpha value is 1.52. The Morgan fingerprint density at radius 3 is 1.00 bits per heavy atom. The van der Waals surface area contributed by atoms with Crippen LogP contribution in [0.4, 0.5) is 0 Å². The van der Waals surface area contributed by atoms with Gasteiger partial charge in [0.25, 0.3) is 0 Å². The molecule has 0 radical (unpaired) electrons. The molecule has 0 amide bonds. The molecule has 0 rings (SSSR count). The molecule has 0 spiro atoms. The van der Waals surface area contributed by atoms with Crippen LogP contribution in [0, 0.1) is 0 Å². The van der Waals surface area contributed by atoms with Crippen LogP contribution in [0.1, 0.15) is 0 Å². The van der Waals surface area contributed by atoms with Crippen molar-refractivity contribution in [2.45, 2.75) is 0 Å². The summed E-state index contributed by atoms with van der Waals surface area (Å²) in [4.78, 5) is 0. The van der Waals surface area contributed by atoms with E-state index in [0.717, 1.165) is 0 Å². The fourth-order valence-corrected chi connectivity index (χ4v) is 0. The predicted molar refractivity (Wildman–Crippen MR) is 6.66 cm³/mol. The van der Waals surface area contributed by atoms with Gasteiger partial charge in [-0.15, -0.1) is 0 Å². The number of hydrogen-bond acceptors (Lipinski definition) is 3.